The molecule has 1 aliphatic carbocycles. The molecule has 0 aromatic heterocycles. The summed E-state index contributed by atoms with van der Waals surface area (Å²) in [4.78, 5) is 10.1. The molecular weight excluding hydrogens is 106 g/mol. The minimum absolute atomic E-state index is 0.0764. The van der Waals surface area contributed by atoms with Gasteiger partial charge in [0.25, 0.3) is 0 Å². The monoisotopic (exact) mass is 115 g/mol. The third-order valence-electron chi connectivity index (χ3n) is 1.65. The molecule has 0 aliphatic heterocycles. The van der Waals surface area contributed by atoms with Gasteiger partial charge in [-0.3, -0.25) is 4.79 Å². The second-order valence-electron chi connectivity index (χ2n) is 2.19. The molecule has 0 heterocycles. The smallest absolute Gasteiger partial charge is 0.308 e. The highest BCUT2D eigenvalue weighted by Gasteiger charge is 2.33. The minimum Gasteiger partial charge on any atom is -0.481 e. The normalized spacial score (nSPS) is 36.1. The van der Waals surface area contributed by atoms with E-state index in [1.165, 1.54) is 0 Å². The largest absolute Gasteiger partial charge is 0.481 e. The number of rotatable bonds is 1. The van der Waals surface area contributed by atoms with E-state index in [9.17, 15) is 4.79 Å². The van der Waals surface area contributed by atoms with Crippen LogP contribution in [0.15, 0.2) is 0 Å². The lowest BCUT2D eigenvalue weighted by Gasteiger charge is -2.29. The molecule has 3 nitrogen and oxygen atoms in total. The molecular formula is C5H9NO2. The molecule has 0 amide bonds. The summed E-state index contributed by atoms with van der Waals surface area (Å²) in [5, 5.41) is 8.32. The van der Waals surface area contributed by atoms with Gasteiger partial charge in [0.1, 0.15) is 0 Å². The molecule has 3 heteroatoms. The molecule has 0 spiro atoms. The van der Waals surface area contributed by atoms with Gasteiger partial charge >= 0.3 is 5.97 Å². The first-order valence-corrected chi connectivity index (χ1v) is 2.70. The summed E-state index contributed by atoms with van der Waals surface area (Å²) in [5.41, 5.74) is 5.34. The lowest BCUT2D eigenvalue weighted by molar-refractivity contribution is -0.145. The number of hydrogen-bond acceptors (Lipinski definition) is 2. The van der Waals surface area contributed by atoms with Crippen LogP contribution in [0.1, 0.15) is 12.8 Å². The Morgan fingerprint density at radius 1 is 1.62 bits per heavy atom. The summed E-state index contributed by atoms with van der Waals surface area (Å²) in [5.74, 6) is -1.00. The zero-order valence-corrected chi connectivity index (χ0v) is 4.50. The molecule has 1 saturated carbocycles. The van der Waals surface area contributed by atoms with Crippen molar-refractivity contribution in [1.82, 2.24) is 0 Å². The first-order valence-electron chi connectivity index (χ1n) is 2.70. The van der Waals surface area contributed by atoms with Gasteiger partial charge in [0, 0.05) is 6.04 Å². The zero-order valence-electron chi connectivity index (χ0n) is 4.50. The second kappa shape index (κ2) is 1.74. The first kappa shape index (κ1) is 5.56. The molecule has 8 heavy (non-hydrogen) atoms. The molecule has 0 saturated heterocycles. The molecule has 1 rings (SSSR count). The quantitative estimate of drug-likeness (QED) is 0.497. The van der Waals surface area contributed by atoms with Crippen molar-refractivity contribution in [3.8, 4) is 0 Å². The fourth-order valence-corrected chi connectivity index (χ4v) is 0.832. The number of hydrogen-bond donors (Lipinski definition) is 2. The van der Waals surface area contributed by atoms with Crippen LogP contribution in [0.3, 0.4) is 0 Å². The highest BCUT2D eigenvalue weighted by atomic mass is 16.4. The standard InChI is InChI=1S/C5H9NO2/c6-4-2-1-3(4)5(7)8/h3-4H,1-2,6H2,(H,7,8)/t3-,4+/m1/s1. The van der Waals surface area contributed by atoms with E-state index in [4.69, 9.17) is 10.8 Å². The maximum Gasteiger partial charge on any atom is 0.308 e. The van der Waals surface area contributed by atoms with Crippen molar-refractivity contribution in [3.05, 3.63) is 0 Å². The van der Waals surface area contributed by atoms with E-state index in [0.717, 1.165) is 12.8 Å². The van der Waals surface area contributed by atoms with E-state index in [2.05, 4.69) is 0 Å². The summed E-state index contributed by atoms with van der Waals surface area (Å²) >= 11 is 0. The van der Waals surface area contributed by atoms with E-state index in [-0.39, 0.29) is 12.0 Å². The van der Waals surface area contributed by atoms with Gasteiger partial charge in [0.15, 0.2) is 0 Å². The van der Waals surface area contributed by atoms with Crippen molar-refractivity contribution >= 4 is 5.97 Å². The van der Waals surface area contributed by atoms with Crippen molar-refractivity contribution in [1.29, 1.82) is 0 Å². The van der Waals surface area contributed by atoms with E-state index in [1.807, 2.05) is 0 Å². The Kier molecular flexibility index (Phi) is 1.21. The van der Waals surface area contributed by atoms with Gasteiger partial charge in [-0.05, 0) is 12.8 Å². The highest BCUT2D eigenvalue weighted by Crippen LogP contribution is 2.24. The van der Waals surface area contributed by atoms with Crippen molar-refractivity contribution in [2.24, 2.45) is 11.7 Å². The van der Waals surface area contributed by atoms with Gasteiger partial charge in [0.05, 0.1) is 5.92 Å². The van der Waals surface area contributed by atoms with E-state index < -0.39 is 5.97 Å². The Labute approximate surface area is 47.5 Å². The van der Waals surface area contributed by atoms with Gasteiger partial charge in [0.2, 0.25) is 0 Å². The Hall–Kier alpha value is -0.570. The van der Waals surface area contributed by atoms with Gasteiger partial charge < -0.3 is 10.8 Å². The van der Waals surface area contributed by atoms with Crippen LogP contribution in [-0.4, -0.2) is 17.1 Å². The van der Waals surface area contributed by atoms with Gasteiger partial charge in [-0.1, -0.05) is 0 Å². The maximum atomic E-state index is 10.1. The number of carbonyl (C=O) groups is 1. The van der Waals surface area contributed by atoms with Crippen LogP contribution in [0.4, 0.5) is 0 Å². The number of carboxylic acids is 1. The Morgan fingerprint density at radius 2 is 2.25 bits per heavy atom. The van der Waals surface area contributed by atoms with E-state index in [1.54, 1.807) is 0 Å². The van der Waals surface area contributed by atoms with Gasteiger partial charge in [-0.2, -0.15) is 0 Å². The fourth-order valence-electron chi connectivity index (χ4n) is 0.832. The molecule has 0 aromatic carbocycles. The van der Waals surface area contributed by atoms with Crippen LogP contribution in [0.25, 0.3) is 0 Å². The fraction of sp³-hybridized carbons (Fsp3) is 0.800. The predicted octanol–water partition coefficient (Wildman–Crippen LogP) is -0.192. The summed E-state index contributed by atoms with van der Waals surface area (Å²) < 4.78 is 0. The van der Waals surface area contributed by atoms with Crippen molar-refractivity contribution in [2.45, 2.75) is 18.9 Å². The molecule has 0 aromatic rings. The van der Waals surface area contributed by atoms with E-state index in [0.29, 0.717) is 0 Å². The summed E-state index contributed by atoms with van der Waals surface area (Å²) in [6.07, 6.45) is 1.63. The highest BCUT2D eigenvalue weighted by molar-refractivity contribution is 5.71. The lowest BCUT2D eigenvalue weighted by Crippen LogP contribution is -2.43. The molecule has 2 atom stereocenters. The zero-order chi connectivity index (χ0) is 6.15. The number of nitrogens with two attached hydrogens (primary N) is 1. The first-order chi connectivity index (χ1) is 3.72. The molecule has 0 bridgehead atoms. The Morgan fingerprint density at radius 3 is 2.25 bits per heavy atom. The molecule has 1 aliphatic rings. The number of aliphatic carboxylic acids is 1. The molecule has 1 fully saturated rings. The SMILES string of the molecule is N[C@H]1CC[C@H]1C(=O)O. The third kappa shape index (κ3) is 0.690. The maximum absolute atomic E-state index is 10.1. The average molecular weight is 115 g/mol. The molecule has 0 unspecified atom stereocenters. The summed E-state index contributed by atoms with van der Waals surface area (Å²) in [7, 11) is 0. The Balaban J connectivity index is 2.37. The summed E-state index contributed by atoms with van der Waals surface area (Å²) in [6, 6.07) is -0.0764. The van der Waals surface area contributed by atoms with Crippen molar-refractivity contribution in [3.63, 3.8) is 0 Å². The average Bonchev–Trinajstić information content (AvgIpc) is 1.61. The van der Waals surface area contributed by atoms with Crippen LogP contribution in [0, 0.1) is 5.92 Å². The van der Waals surface area contributed by atoms with Crippen LogP contribution in [0.2, 0.25) is 0 Å². The van der Waals surface area contributed by atoms with Crippen LogP contribution in [0.5, 0.6) is 0 Å². The third-order valence-corrected chi connectivity index (χ3v) is 1.65. The van der Waals surface area contributed by atoms with Crippen LogP contribution < -0.4 is 5.73 Å². The topological polar surface area (TPSA) is 63.3 Å². The van der Waals surface area contributed by atoms with E-state index >= 15 is 0 Å². The molecule has 0 radical (unpaired) electrons. The van der Waals surface area contributed by atoms with Gasteiger partial charge in [-0.15, -0.1) is 0 Å². The van der Waals surface area contributed by atoms with Crippen LogP contribution >= 0.6 is 0 Å². The second-order valence-corrected chi connectivity index (χ2v) is 2.19. The summed E-state index contributed by atoms with van der Waals surface area (Å²) in [6.45, 7) is 0. The minimum atomic E-state index is -0.747. The molecule has 3 N–H and O–H groups in total. The van der Waals surface area contributed by atoms with Crippen molar-refractivity contribution < 1.29 is 9.90 Å². The number of carboxylic acid groups (broad SMARTS) is 1. The van der Waals surface area contributed by atoms with Crippen molar-refractivity contribution in [2.75, 3.05) is 0 Å². The van der Waals surface area contributed by atoms with Crippen LogP contribution in [-0.2, 0) is 4.79 Å². The lowest BCUT2D eigenvalue weighted by atomic mass is 9.80. The Bertz CT molecular complexity index is 113. The predicted molar refractivity (Wildman–Crippen MR) is 28.3 cm³/mol. The van der Waals surface area contributed by atoms with Gasteiger partial charge in [-0.25, -0.2) is 0 Å². The molecule has 46 valence electrons.